The number of hydrogen-bond acceptors (Lipinski definition) is 7. The van der Waals surface area contributed by atoms with Gasteiger partial charge in [0.15, 0.2) is 5.13 Å². The average Bonchev–Trinajstić information content (AvgIpc) is 3.37. The van der Waals surface area contributed by atoms with Crippen LogP contribution in [0.2, 0.25) is 0 Å². The van der Waals surface area contributed by atoms with Crippen molar-refractivity contribution in [2.75, 3.05) is 36.4 Å². The standard InChI is InChI=1S/C19H22N6O3S/c26-16-5-4-14(22-16)18(28)23-19-21-13(12-29-19)11-17(27)25-9-7-24(8-10-25)15-3-1-2-6-20-15/h1-3,6,12,14H,4-5,7-11H2,(H,22,26)(H,21,23,28). The first-order valence-corrected chi connectivity index (χ1v) is 10.4. The van der Waals surface area contributed by atoms with Crippen molar-refractivity contribution in [2.45, 2.75) is 25.3 Å². The molecule has 2 aliphatic heterocycles. The molecule has 4 heterocycles. The summed E-state index contributed by atoms with van der Waals surface area (Å²) in [5.74, 6) is 0.572. The first-order chi connectivity index (χ1) is 14.1. The van der Waals surface area contributed by atoms with Gasteiger partial charge in [0.05, 0.1) is 12.1 Å². The van der Waals surface area contributed by atoms with Crippen LogP contribution < -0.4 is 15.5 Å². The second-order valence-corrected chi connectivity index (χ2v) is 7.88. The molecule has 0 saturated carbocycles. The molecule has 10 heteroatoms. The van der Waals surface area contributed by atoms with Gasteiger partial charge in [-0.25, -0.2) is 9.97 Å². The number of anilines is 2. The largest absolute Gasteiger partial charge is 0.353 e. The van der Waals surface area contributed by atoms with Gasteiger partial charge in [-0.2, -0.15) is 0 Å². The Balaban J connectivity index is 1.26. The lowest BCUT2D eigenvalue weighted by Gasteiger charge is -2.35. The predicted molar refractivity (Wildman–Crippen MR) is 109 cm³/mol. The topological polar surface area (TPSA) is 108 Å². The van der Waals surface area contributed by atoms with Crippen LogP contribution in [0.15, 0.2) is 29.8 Å². The highest BCUT2D eigenvalue weighted by molar-refractivity contribution is 7.13. The van der Waals surface area contributed by atoms with E-state index in [0.717, 1.165) is 18.9 Å². The summed E-state index contributed by atoms with van der Waals surface area (Å²) in [6, 6.07) is 5.31. The van der Waals surface area contributed by atoms with Gasteiger partial charge in [-0.05, 0) is 18.6 Å². The third-order valence-electron chi connectivity index (χ3n) is 5.03. The Labute approximate surface area is 172 Å². The van der Waals surface area contributed by atoms with Crippen LogP contribution in [-0.4, -0.2) is 64.8 Å². The van der Waals surface area contributed by atoms with E-state index in [1.165, 1.54) is 11.3 Å². The number of pyridine rings is 1. The molecule has 0 aliphatic carbocycles. The van der Waals surface area contributed by atoms with Gasteiger partial charge in [0.2, 0.25) is 17.7 Å². The molecule has 152 valence electrons. The van der Waals surface area contributed by atoms with Gasteiger partial charge in [-0.3, -0.25) is 14.4 Å². The van der Waals surface area contributed by atoms with Crippen LogP contribution in [0.3, 0.4) is 0 Å². The fourth-order valence-electron chi connectivity index (χ4n) is 3.44. The maximum absolute atomic E-state index is 12.6. The van der Waals surface area contributed by atoms with E-state index in [9.17, 15) is 14.4 Å². The van der Waals surface area contributed by atoms with Gasteiger partial charge in [-0.1, -0.05) is 6.07 Å². The van der Waals surface area contributed by atoms with E-state index in [1.807, 2.05) is 23.1 Å². The minimum Gasteiger partial charge on any atom is -0.353 e. The van der Waals surface area contributed by atoms with Gasteiger partial charge in [0, 0.05) is 44.2 Å². The number of nitrogens with zero attached hydrogens (tertiary/aromatic N) is 4. The highest BCUT2D eigenvalue weighted by atomic mass is 32.1. The van der Waals surface area contributed by atoms with E-state index in [2.05, 4.69) is 25.5 Å². The van der Waals surface area contributed by atoms with Crippen molar-refractivity contribution in [1.82, 2.24) is 20.2 Å². The second kappa shape index (κ2) is 8.56. The Morgan fingerprint density at radius 3 is 2.76 bits per heavy atom. The molecule has 4 rings (SSSR count). The number of piperazine rings is 1. The summed E-state index contributed by atoms with van der Waals surface area (Å²) >= 11 is 1.28. The molecule has 2 aromatic rings. The van der Waals surface area contributed by atoms with Crippen molar-refractivity contribution in [3.05, 3.63) is 35.5 Å². The molecule has 1 unspecified atom stereocenters. The summed E-state index contributed by atoms with van der Waals surface area (Å²) in [4.78, 5) is 48.7. The fourth-order valence-corrected chi connectivity index (χ4v) is 4.15. The minimum absolute atomic E-state index is 0.0249. The van der Waals surface area contributed by atoms with E-state index >= 15 is 0 Å². The molecule has 0 aromatic carbocycles. The zero-order chi connectivity index (χ0) is 20.2. The Bertz CT molecular complexity index is 894. The average molecular weight is 414 g/mol. The van der Waals surface area contributed by atoms with E-state index in [0.29, 0.717) is 36.8 Å². The van der Waals surface area contributed by atoms with Gasteiger partial charge in [-0.15, -0.1) is 11.3 Å². The molecule has 3 amide bonds. The number of carbonyl (C=O) groups excluding carboxylic acids is 3. The van der Waals surface area contributed by atoms with Gasteiger partial charge < -0.3 is 20.4 Å². The molecular weight excluding hydrogens is 392 g/mol. The lowest BCUT2D eigenvalue weighted by Crippen LogP contribution is -2.49. The van der Waals surface area contributed by atoms with Crippen molar-refractivity contribution in [2.24, 2.45) is 0 Å². The van der Waals surface area contributed by atoms with Crippen molar-refractivity contribution in [3.63, 3.8) is 0 Å². The lowest BCUT2D eigenvalue weighted by atomic mass is 10.2. The smallest absolute Gasteiger partial charge is 0.248 e. The molecule has 2 N–H and O–H groups in total. The summed E-state index contributed by atoms with van der Waals surface area (Å²) in [7, 11) is 0. The Morgan fingerprint density at radius 2 is 2.07 bits per heavy atom. The van der Waals surface area contributed by atoms with Crippen molar-refractivity contribution < 1.29 is 14.4 Å². The van der Waals surface area contributed by atoms with Crippen LogP contribution in [0.4, 0.5) is 10.9 Å². The molecule has 2 saturated heterocycles. The maximum atomic E-state index is 12.6. The summed E-state index contributed by atoms with van der Waals surface area (Å²) in [6.45, 7) is 2.78. The summed E-state index contributed by atoms with van der Waals surface area (Å²) in [5.41, 5.74) is 0.637. The van der Waals surface area contributed by atoms with Crippen LogP contribution in [-0.2, 0) is 20.8 Å². The number of hydrogen-bond donors (Lipinski definition) is 2. The second-order valence-electron chi connectivity index (χ2n) is 7.02. The molecule has 2 aliphatic rings. The number of aromatic nitrogens is 2. The van der Waals surface area contributed by atoms with Crippen molar-refractivity contribution in [1.29, 1.82) is 0 Å². The zero-order valence-corrected chi connectivity index (χ0v) is 16.7. The third kappa shape index (κ3) is 4.70. The first kappa shape index (κ1) is 19.3. The number of nitrogens with one attached hydrogen (secondary N) is 2. The molecule has 0 spiro atoms. The number of amides is 3. The summed E-state index contributed by atoms with van der Waals surface area (Å²) in [6.07, 6.45) is 2.83. The highest BCUT2D eigenvalue weighted by Crippen LogP contribution is 2.19. The Kier molecular flexibility index (Phi) is 5.70. The van der Waals surface area contributed by atoms with Crippen molar-refractivity contribution in [3.8, 4) is 0 Å². The Morgan fingerprint density at radius 1 is 1.24 bits per heavy atom. The van der Waals surface area contributed by atoms with Gasteiger partial charge in [0.1, 0.15) is 11.9 Å². The van der Waals surface area contributed by atoms with Crippen LogP contribution in [0, 0.1) is 0 Å². The number of rotatable bonds is 5. The van der Waals surface area contributed by atoms with Crippen LogP contribution >= 0.6 is 11.3 Å². The molecule has 0 radical (unpaired) electrons. The normalized spacial score (nSPS) is 19.2. The molecule has 1 atom stereocenters. The van der Waals surface area contributed by atoms with E-state index in [-0.39, 0.29) is 24.1 Å². The molecule has 0 bridgehead atoms. The van der Waals surface area contributed by atoms with Gasteiger partial charge >= 0.3 is 0 Å². The molecule has 2 aromatic heterocycles. The van der Waals surface area contributed by atoms with Crippen LogP contribution in [0.1, 0.15) is 18.5 Å². The highest BCUT2D eigenvalue weighted by Gasteiger charge is 2.28. The number of thiazole rings is 1. The molecule has 2 fully saturated rings. The van der Waals surface area contributed by atoms with Crippen LogP contribution in [0.5, 0.6) is 0 Å². The van der Waals surface area contributed by atoms with E-state index in [1.54, 1.807) is 11.6 Å². The van der Waals surface area contributed by atoms with E-state index in [4.69, 9.17) is 0 Å². The summed E-state index contributed by atoms with van der Waals surface area (Å²) in [5, 5.41) is 7.57. The Hall–Kier alpha value is -3.01. The quantitative estimate of drug-likeness (QED) is 0.744. The third-order valence-corrected chi connectivity index (χ3v) is 5.84. The number of carbonyl (C=O) groups is 3. The zero-order valence-electron chi connectivity index (χ0n) is 15.8. The minimum atomic E-state index is -0.508. The lowest BCUT2D eigenvalue weighted by molar-refractivity contribution is -0.130. The molecule has 9 nitrogen and oxygen atoms in total. The first-order valence-electron chi connectivity index (χ1n) is 9.57. The van der Waals surface area contributed by atoms with E-state index < -0.39 is 6.04 Å². The van der Waals surface area contributed by atoms with Crippen LogP contribution in [0.25, 0.3) is 0 Å². The van der Waals surface area contributed by atoms with Crippen molar-refractivity contribution >= 4 is 40.0 Å². The van der Waals surface area contributed by atoms with Gasteiger partial charge in [0.25, 0.3) is 0 Å². The maximum Gasteiger partial charge on any atom is 0.248 e. The summed E-state index contributed by atoms with van der Waals surface area (Å²) < 4.78 is 0. The molecule has 29 heavy (non-hydrogen) atoms. The predicted octanol–water partition coefficient (Wildman–Crippen LogP) is 0.646. The molecular formula is C19H22N6O3S. The monoisotopic (exact) mass is 414 g/mol. The fraction of sp³-hybridized carbons (Fsp3) is 0.421. The SMILES string of the molecule is O=C1CCC(C(=O)Nc2nc(CC(=O)N3CCN(c4ccccn4)CC3)cs2)N1.